The number of amides is 1. The maximum absolute atomic E-state index is 14.6. The third-order valence-corrected chi connectivity index (χ3v) is 10.1. The number of aryl methyl sites for hydroxylation is 1. The Morgan fingerprint density at radius 3 is 2.56 bits per heavy atom. The number of carbonyl (C=O) groups is 2. The van der Waals surface area contributed by atoms with Gasteiger partial charge in [0.05, 0.1) is 43.4 Å². The lowest BCUT2D eigenvalue weighted by Crippen LogP contribution is -2.59. The van der Waals surface area contributed by atoms with Gasteiger partial charge in [-0.05, 0) is 67.9 Å². The smallest absolute Gasteiger partial charge is 0.329 e. The zero-order chi connectivity index (χ0) is 34.6. The van der Waals surface area contributed by atoms with Crippen LogP contribution in [0.5, 0.6) is 11.6 Å². The number of methoxy groups -OCH3 is 1. The minimum absolute atomic E-state index is 0.0788. The molecule has 7 atom stereocenters. The SMILES string of the molecule is CC[C@@H]1[C@@H]2CN(C(=O)[C@H](C(C)(C)C)NC(O)O[C@@H]3CCC[C@H]3CCCCCc3nc4ccc(OC)cc4nc3O2)[C@@H]1C(=O)OCC(C)C. The molecule has 2 aromatic rings. The van der Waals surface area contributed by atoms with Crippen molar-refractivity contribution in [1.29, 1.82) is 0 Å². The second-order valence-electron chi connectivity index (χ2n) is 15.3. The van der Waals surface area contributed by atoms with E-state index < -0.39 is 36.0 Å². The van der Waals surface area contributed by atoms with Crippen molar-refractivity contribution in [1.82, 2.24) is 20.2 Å². The van der Waals surface area contributed by atoms with E-state index in [1.54, 1.807) is 12.0 Å². The number of hydrogen-bond acceptors (Lipinski definition) is 10. The second kappa shape index (κ2) is 15.7. The summed E-state index contributed by atoms with van der Waals surface area (Å²) < 4.78 is 24.2. The molecular weight excluding hydrogens is 612 g/mol. The molecule has 1 aromatic carbocycles. The number of benzene rings is 1. The highest BCUT2D eigenvalue weighted by atomic mass is 16.6. The molecule has 2 N–H and O–H groups in total. The Balaban J connectivity index is 1.56. The molecular formula is C37H56N4O7. The molecule has 0 radical (unpaired) electrons. The third-order valence-electron chi connectivity index (χ3n) is 10.1. The topological polar surface area (TPSA) is 132 Å². The van der Waals surface area contributed by atoms with Gasteiger partial charge in [-0.15, -0.1) is 0 Å². The molecule has 2 aliphatic heterocycles. The molecule has 2 fully saturated rings. The van der Waals surface area contributed by atoms with Crippen LogP contribution in [-0.2, 0) is 25.5 Å². The molecule has 1 saturated carbocycles. The van der Waals surface area contributed by atoms with E-state index in [9.17, 15) is 14.7 Å². The summed E-state index contributed by atoms with van der Waals surface area (Å²) in [5, 5.41) is 14.3. The van der Waals surface area contributed by atoms with Crippen LogP contribution in [-0.4, -0.2) is 82.8 Å². The lowest BCUT2D eigenvalue weighted by atomic mass is 9.85. The summed E-state index contributed by atoms with van der Waals surface area (Å²) in [5.41, 5.74) is 1.57. The van der Waals surface area contributed by atoms with E-state index in [1.807, 2.05) is 59.7 Å². The molecule has 1 aromatic heterocycles. The number of carbonyl (C=O) groups excluding carboxylic acids is 2. The predicted molar refractivity (Wildman–Crippen MR) is 182 cm³/mol. The Bertz CT molecular complexity index is 1410. The molecule has 3 aliphatic rings. The largest absolute Gasteiger partial charge is 0.497 e. The molecule has 0 spiro atoms. The highest BCUT2D eigenvalue weighted by Crippen LogP contribution is 2.37. The Morgan fingerprint density at radius 1 is 1.08 bits per heavy atom. The number of esters is 1. The lowest BCUT2D eigenvalue weighted by Gasteiger charge is -2.37. The van der Waals surface area contributed by atoms with Crippen molar-refractivity contribution in [3.63, 3.8) is 0 Å². The fraction of sp³-hybridized carbons (Fsp3) is 0.730. The summed E-state index contributed by atoms with van der Waals surface area (Å²) in [4.78, 5) is 40.0. The molecule has 48 heavy (non-hydrogen) atoms. The van der Waals surface area contributed by atoms with E-state index in [0.717, 1.165) is 56.2 Å². The molecule has 2 bridgehead atoms. The molecule has 1 unspecified atom stereocenters. The number of aliphatic hydroxyl groups is 1. The minimum atomic E-state index is -1.32. The Morgan fingerprint density at radius 2 is 1.85 bits per heavy atom. The maximum atomic E-state index is 14.6. The van der Waals surface area contributed by atoms with E-state index in [2.05, 4.69) is 5.32 Å². The first-order chi connectivity index (χ1) is 22.9. The Hall–Kier alpha value is -3.02. The summed E-state index contributed by atoms with van der Waals surface area (Å²) in [6, 6.07) is 3.92. The average Bonchev–Trinajstić information content (AvgIpc) is 3.64. The van der Waals surface area contributed by atoms with Crippen LogP contribution in [0.15, 0.2) is 18.2 Å². The van der Waals surface area contributed by atoms with Gasteiger partial charge < -0.3 is 29.0 Å². The zero-order valence-corrected chi connectivity index (χ0v) is 29.9. The molecule has 11 heteroatoms. The first kappa shape index (κ1) is 36.3. The predicted octanol–water partition coefficient (Wildman–Crippen LogP) is 5.40. The molecule has 1 amide bonds. The van der Waals surface area contributed by atoms with E-state index in [4.69, 9.17) is 28.9 Å². The molecule has 5 rings (SSSR count). The van der Waals surface area contributed by atoms with Crippen LogP contribution >= 0.6 is 0 Å². The standard InChI is InChI=1S/C37H56N4O7/c1-8-25-30-20-41(31(25)35(43)46-21-22(2)3)34(42)32(37(4,5)6)40-36(44)48-29-16-12-14-23(29)13-10-9-11-15-27-33(47-30)39-28-19-24(45-7)17-18-26(28)38-27/h17-19,22-23,25,29-32,36,40,44H,8-16,20-21H2,1-7H3/t23-,25-,29-,30+,31+,32-,36?/m1/s1. The molecule has 266 valence electrons. The number of hydrogen-bond donors (Lipinski definition) is 2. The van der Waals surface area contributed by atoms with Crippen LogP contribution in [0.1, 0.15) is 98.6 Å². The summed E-state index contributed by atoms with van der Waals surface area (Å²) >= 11 is 0. The van der Waals surface area contributed by atoms with Crippen LogP contribution < -0.4 is 14.8 Å². The van der Waals surface area contributed by atoms with Crippen LogP contribution in [0.25, 0.3) is 11.0 Å². The number of aromatic nitrogens is 2. The monoisotopic (exact) mass is 668 g/mol. The van der Waals surface area contributed by atoms with Crippen LogP contribution in [0.2, 0.25) is 0 Å². The van der Waals surface area contributed by atoms with Gasteiger partial charge in [-0.3, -0.25) is 10.1 Å². The van der Waals surface area contributed by atoms with Crippen molar-refractivity contribution >= 4 is 22.9 Å². The third kappa shape index (κ3) is 8.40. The van der Waals surface area contributed by atoms with Crippen molar-refractivity contribution in [3.05, 3.63) is 23.9 Å². The summed E-state index contributed by atoms with van der Waals surface area (Å²) in [6.45, 7) is 12.2. The van der Waals surface area contributed by atoms with Crippen LogP contribution in [0, 0.1) is 23.2 Å². The van der Waals surface area contributed by atoms with Gasteiger partial charge in [-0.2, -0.15) is 0 Å². The summed E-state index contributed by atoms with van der Waals surface area (Å²) in [5.74, 6) is 0.474. The first-order valence-corrected chi connectivity index (χ1v) is 18.0. The van der Waals surface area contributed by atoms with Crippen LogP contribution in [0.3, 0.4) is 0 Å². The van der Waals surface area contributed by atoms with E-state index in [0.29, 0.717) is 35.9 Å². The van der Waals surface area contributed by atoms with Gasteiger partial charge in [0, 0.05) is 12.0 Å². The average molecular weight is 669 g/mol. The van der Waals surface area contributed by atoms with Crippen molar-refractivity contribution in [2.75, 3.05) is 20.3 Å². The van der Waals surface area contributed by atoms with Gasteiger partial charge in [-0.25, -0.2) is 14.8 Å². The molecule has 11 nitrogen and oxygen atoms in total. The quantitative estimate of drug-likeness (QED) is 0.399. The van der Waals surface area contributed by atoms with Crippen molar-refractivity contribution < 1.29 is 33.6 Å². The Labute approximate surface area is 285 Å². The fourth-order valence-corrected chi connectivity index (χ4v) is 7.53. The van der Waals surface area contributed by atoms with E-state index in [-0.39, 0.29) is 37.0 Å². The van der Waals surface area contributed by atoms with Gasteiger partial charge in [0.1, 0.15) is 23.6 Å². The van der Waals surface area contributed by atoms with Gasteiger partial charge in [0.15, 0.2) is 0 Å². The second-order valence-corrected chi connectivity index (χ2v) is 15.3. The number of fused-ring (bicyclic) bond motifs is 5. The highest BCUT2D eigenvalue weighted by Gasteiger charge is 2.52. The van der Waals surface area contributed by atoms with Gasteiger partial charge in [-0.1, -0.05) is 60.8 Å². The molecule has 1 saturated heterocycles. The highest BCUT2D eigenvalue weighted by molar-refractivity contribution is 5.89. The van der Waals surface area contributed by atoms with E-state index in [1.165, 1.54) is 0 Å². The number of aliphatic hydroxyl groups excluding tert-OH is 1. The lowest BCUT2D eigenvalue weighted by molar-refractivity contribution is -0.178. The van der Waals surface area contributed by atoms with Crippen molar-refractivity contribution in [3.8, 4) is 11.6 Å². The minimum Gasteiger partial charge on any atom is -0.497 e. The fourth-order valence-electron chi connectivity index (χ4n) is 7.53. The van der Waals surface area contributed by atoms with Gasteiger partial charge in [0.2, 0.25) is 18.2 Å². The zero-order valence-electron chi connectivity index (χ0n) is 29.9. The summed E-state index contributed by atoms with van der Waals surface area (Å²) in [7, 11) is 1.62. The Kier molecular flexibility index (Phi) is 11.8. The molecule has 3 heterocycles. The maximum Gasteiger partial charge on any atom is 0.329 e. The van der Waals surface area contributed by atoms with Gasteiger partial charge >= 0.3 is 5.97 Å². The first-order valence-electron chi connectivity index (χ1n) is 18.0. The number of nitrogens with one attached hydrogen (secondary N) is 1. The van der Waals surface area contributed by atoms with Crippen LogP contribution in [0.4, 0.5) is 0 Å². The number of ether oxygens (including phenoxy) is 4. The normalized spacial score (nSPS) is 29.1. The number of nitrogens with zero attached hydrogens (tertiary/aromatic N) is 3. The summed E-state index contributed by atoms with van der Waals surface area (Å²) in [6.07, 6.45) is 6.31. The molecule has 1 aliphatic carbocycles. The van der Waals surface area contributed by atoms with Gasteiger partial charge in [0.25, 0.3) is 0 Å². The van der Waals surface area contributed by atoms with Crippen molar-refractivity contribution in [2.45, 2.75) is 130 Å². The van der Waals surface area contributed by atoms with E-state index >= 15 is 0 Å². The number of rotatable bonds is 5. The van der Waals surface area contributed by atoms with Crippen molar-refractivity contribution in [2.24, 2.45) is 23.2 Å².